The summed E-state index contributed by atoms with van der Waals surface area (Å²) >= 11 is 1.60. The molecule has 0 aromatic carbocycles. The number of carbonyl (C=O) groups is 1. The van der Waals surface area contributed by atoms with Crippen molar-refractivity contribution in [1.29, 1.82) is 0 Å². The fourth-order valence-corrected chi connectivity index (χ4v) is 3.45. The van der Waals surface area contributed by atoms with Crippen molar-refractivity contribution >= 4 is 17.3 Å². The molecule has 17 heavy (non-hydrogen) atoms. The molecule has 1 aromatic heterocycles. The van der Waals surface area contributed by atoms with Gasteiger partial charge in [0.05, 0.1) is 12.1 Å². The molecule has 0 spiro atoms. The predicted octanol–water partition coefficient (Wildman–Crippen LogP) is 3.61. The van der Waals surface area contributed by atoms with E-state index in [0.717, 1.165) is 10.9 Å². The molecule has 0 amide bonds. The lowest BCUT2D eigenvalue weighted by atomic mass is 9.81. The third kappa shape index (κ3) is 2.86. The maximum absolute atomic E-state index is 11.3. The zero-order chi connectivity index (χ0) is 12.3. The second-order valence-electron chi connectivity index (χ2n) is 4.69. The highest BCUT2D eigenvalue weighted by atomic mass is 32.1. The Hall–Kier alpha value is -0.900. The van der Waals surface area contributed by atoms with Gasteiger partial charge in [-0.05, 0) is 31.6 Å². The molecule has 3 nitrogen and oxygen atoms in total. The zero-order valence-electron chi connectivity index (χ0n) is 10.4. The molecule has 0 N–H and O–H groups in total. The number of carbonyl (C=O) groups excluding carboxylic acids is 1. The first-order valence-electron chi connectivity index (χ1n) is 6.28. The van der Waals surface area contributed by atoms with Gasteiger partial charge in [0, 0.05) is 11.3 Å². The molecule has 0 radical (unpaired) electrons. The molecule has 0 atom stereocenters. The van der Waals surface area contributed by atoms with E-state index >= 15 is 0 Å². The summed E-state index contributed by atoms with van der Waals surface area (Å²) < 4.78 is 4.68. The minimum Gasteiger partial charge on any atom is -0.464 e. The molecule has 0 bridgehead atoms. The Labute approximate surface area is 106 Å². The number of thiazole rings is 1. The Balaban J connectivity index is 1.99. The number of hydrogen-bond acceptors (Lipinski definition) is 4. The maximum atomic E-state index is 11.3. The van der Waals surface area contributed by atoms with Crippen LogP contribution in [0, 0.1) is 5.92 Å². The highest BCUT2D eigenvalue weighted by molar-refractivity contribution is 7.09. The monoisotopic (exact) mass is 253 g/mol. The van der Waals surface area contributed by atoms with E-state index in [9.17, 15) is 4.79 Å². The lowest BCUT2D eigenvalue weighted by Crippen LogP contribution is -2.12. The number of esters is 1. The second-order valence-corrected chi connectivity index (χ2v) is 5.58. The van der Waals surface area contributed by atoms with Crippen molar-refractivity contribution in [2.45, 2.75) is 44.9 Å². The van der Waals surface area contributed by atoms with Crippen molar-refractivity contribution in [3.05, 3.63) is 16.1 Å². The van der Waals surface area contributed by atoms with Crippen molar-refractivity contribution in [2.75, 3.05) is 7.11 Å². The highest BCUT2D eigenvalue weighted by Crippen LogP contribution is 2.37. The summed E-state index contributed by atoms with van der Waals surface area (Å²) in [6, 6.07) is 0. The lowest BCUT2D eigenvalue weighted by molar-refractivity contribution is 0.0594. The van der Waals surface area contributed by atoms with Gasteiger partial charge >= 0.3 is 5.97 Å². The summed E-state index contributed by atoms with van der Waals surface area (Å²) in [6.07, 6.45) is 6.32. The van der Waals surface area contributed by atoms with Crippen LogP contribution in [0.4, 0.5) is 0 Å². The van der Waals surface area contributed by atoms with Crippen LogP contribution in [-0.4, -0.2) is 18.1 Å². The normalized spacial score (nSPS) is 24.6. The molecule has 1 aliphatic rings. The van der Waals surface area contributed by atoms with Gasteiger partial charge in [-0.2, -0.15) is 0 Å². The largest absolute Gasteiger partial charge is 0.464 e. The van der Waals surface area contributed by atoms with Crippen molar-refractivity contribution < 1.29 is 9.53 Å². The summed E-state index contributed by atoms with van der Waals surface area (Å²) in [5, 5.41) is 2.92. The SMILES string of the molecule is CCC1CCC(c2nc(C(=O)OC)cs2)CC1. The van der Waals surface area contributed by atoms with E-state index in [4.69, 9.17) is 0 Å². The number of aromatic nitrogens is 1. The third-order valence-electron chi connectivity index (χ3n) is 3.69. The smallest absolute Gasteiger partial charge is 0.357 e. The van der Waals surface area contributed by atoms with Gasteiger partial charge in [0.2, 0.25) is 0 Å². The Morgan fingerprint density at radius 2 is 2.18 bits per heavy atom. The Bertz CT molecular complexity index is 381. The van der Waals surface area contributed by atoms with Gasteiger partial charge in [0.25, 0.3) is 0 Å². The average molecular weight is 253 g/mol. The maximum Gasteiger partial charge on any atom is 0.357 e. The van der Waals surface area contributed by atoms with E-state index in [1.54, 1.807) is 11.3 Å². The number of methoxy groups -OCH3 is 1. The van der Waals surface area contributed by atoms with E-state index in [1.807, 2.05) is 5.38 Å². The summed E-state index contributed by atoms with van der Waals surface area (Å²) in [7, 11) is 1.40. The molecule has 1 aliphatic carbocycles. The van der Waals surface area contributed by atoms with Crippen molar-refractivity contribution in [1.82, 2.24) is 4.98 Å². The topological polar surface area (TPSA) is 39.2 Å². The minimum absolute atomic E-state index is 0.324. The number of nitrogens with zero attached hydrogens (tertiary/aromatic N) is 1. The molecule has 1 saturated carbocycles. The molecule has 0 saturated heterocycles. The highest BCUT2D eigenvalue weighted by Gasteiger charge is 2.24. The van der Waals surface area contributed by atoms with Gasteiger partial charge in [-0.15, -0.1) is 11.3 Å². The van der Waals surface area contributed by atoms with Crippen LogP contribution in [0.2, 0.25) is 0 Å². The lowest BCUT2D eigenvalue weighted by Gasteiger charge is -2.26. The van der Waals surface area contributed by atoms with Crippen LogP contribution < -0.4 is 0 Å². The van der Waals surface area contributed by atoms with Gasteiger partial charge in [-0.25, -0.2) is 9.78 Å². The van der Waals surface area contributed by atoms with Crippen molar-refractivity contribution in [3.8, 4) is 0 Å². The molecule has 2 rings (SSSR count). The number of rotatable bonds is 3. The fraction of sp³-hybridized carbons (Fsp3) is 0.692. The van der Waals surface area contributed by atoms with Gasteiger partial charge in [-0.3, -0.25) is 0 Å². The van der Waals surface area contributed by atoms with E-state index in [0.29, 0.717) is 11.6 Å². The van der Waals surface area contributed by atoms with Crippen LogP contribution >= 0.6 is 11.3 Å². The van der Waals surface area contributed by atoms with E-state index in [1.165, 1.54) is 39.2 Å². The number of ether oxygens (including phenoxy) is 1. The predicted molar refractivity (Wildman–Crippen MR) is 68.4 cm³/mol. The molecule has 0 unspecified atom stereocenters. The quantitative estimate of drug-likeness (QED) is 0.772. The summed E-state index contributed by atoms with van der Waals surface area (Å²) in [4.78, 5) is 15.7. The summed E-state index contributed by atoms with van der Waals surface area (Å²) in [6.45, 7) is 2.27. The van der Waals surface area contributed by atoms with Crippen molar-refractivity contribution in [2.24, 2.45) is 5.92 Å². The first kappa shape index (κ1) is 12.6. The van der Waals surface area contributed by atoms with Gasteiger partial charge in [0.15, 0.2) is 5.69 Å². The van der Waals surface area contributed by atoms with Crippen LogP contribution in [0.3, 0.4) is 0 Å². The molecule has 94 valence electrons. The van der Waals surface area contributed by atoms with E-state index in [2.05, 4.69) is 16.6 Å². The third-order valence-corrected chi connectivity index (χ3v) is 4.70. The average Bonchev–Trinajstić information content (AvgIpc) is 2.87. The molecule has 1 aromatic rings. The fourth-order valence-electron chi connectivity index (χ4n) is 2.49. The standard InChI is InChI=1S/C13H19NO2S/c1-3-9-4-6-10(7-5-9)12-14-11(8-17-12)13(15)16-2/h8-10H,3-7H2,1-2H3. The molecule has 4 heteroatoms. The van der Waals surface area contributed by atoms with E-state index in [-0.39, 0.29) is 5.97 Å². The van der Waals surface area contributed by atoms with Crippen LogP contribution in [0.5, 0.6) is 0 Å². The molecule has 0 aliphatic heterocycles. The zero-order valence-corrected chi connectivity index (χ0v) is 11.3. The first-order valence-corrected chi connectivity index (χ1v) is 7.16. The Morgan fingerprint density at radius 1 is 1.47 bits per heavy atom. The van der Waals surface area contributed by atoms with Gasteiger partial charge in [0.1, 0.15) is 0 Å². The van der Waals surface area contributed by atoms with E-state index < -0.39 is 0 Å². The molecular weight excluding hydrogens is 234 g/mol. The van der Waals surface area contributed by atoms with Crippen LogP contribution in [0.25, 0.3) is 0 Å². The Morgan fingerprint density at radius 3 is 2.76 bits per heavy atom. The Kier molecular flexibility index (Phi) is 4.15. The minimum atomic E-state index is -0.324. The van der Waals surface area contributed by atoms with Crippen molar-refractivity contribution in [3.63, 3.8) is 0 Å². The van der Waals surface area contributed by atoms with Crippen LogP contribution in [0.1, 0.15) is 60.4 Å². The van der Waals surface area contributed by atoms with Crippen LogP contribution in [0.15, 0.2) is 5.38 Å². The van der Waals surface area contributed by atoms with Crippen LogP contribution in [-0.2, 0) is 4.74 Å². The second kappa shape index (κ2) is 5.63. The molecule has 1 heterocycles. The molecular formula is C13H19NO2S. The molecule has 1 fully saturated rings. The van der Waals surface area contributed by atoms with Gasteiger partial charge in [-0.1, -0.05) is 13.3 Å². The summed E-state index contributed by atoms with van der Waals surface area (Å²) in [5.41, 5.74) is 0.463. The van der Waals surface area contributed by atoms with Gasteiger partial charge < -0.3 is 4.74 Å². The first-order chi connectivity index (χ1) is 8.24. The summed E-state index contributed by atoms with van der Waals surface area (Å²) in [5.74, 6) is 1.13. The number of hydrogen-bond donors (Lipinski definition) is 0.